The van der Waals surface area contributed by atoms with Crippen molar-refractivity contribution in [3.63, 3.8) is 0 Å². The number of nitrogens with one attached hydrogen (secondary N) is 1. The fourth-order valence-corrected chi connectivity index (χ4v) is 4.72. The second-order valence-corrected chi connectivity index (χ2v) is 8.19. The van der Waals surface area contributed by atoms with E-state index in [1.165, 1.54) is 7.11 Å². The van der Waals surface area contributed by atoms with Crippen LogP contribution in [0.5, 0.6) is 5.75 Å². The summed E-state index contributed by atoms with van der Waals surface area (Å²) >= 11 is 0. The first-order valence-corrected chi connectivity index (χ1v) is 11.3. The molecule has 0 saturated carbocycles. The number of methoxy groups -OCH3 is 2. The minimum Gasteiger partial charge on any atom is -0.497 e. The van der Waals surface area contributed by atoms with Crippen LogP contribution in [0.4, 0.5) is 0 Å². The van der Waals surface area contributed by atoms with Crippen LogP contribution in [-0.2, 0) is 32.0 Å². The van der Waals surface area contributed by atoms with Crippen molar-refractivity contribution in [2.24, 2.45) is 0 Å². The molecule has 7 heteroatoms. The third-order valence-corrected chi connectivity index (χ3v) is 6.29. The Morgan fingerprint density at radius 2 is 1.91 bits per heavy atom. The van der Waals surface area contributed by atoms with Gasteiger partial charge in [-0.05, 0) is 36.6 Å². The predicted molar refractivity (Wildman–Crippen MR) is 125 cm³/mol. The Kier molecular flexibility index (Phi) is 6.99. The average Bonchev–Trinajstić information content (AvgIpc) is 3.20. The molecule has 0 unspecified atom stereocenters. The maximum absolute atomic E-state index is 13.1. The van der Waals surface area contributed by atoms with Crippen LogP contribution in [-0.4, -0.2) is 48.7 Å². The number of hydrogen-bond donors (Lipinski definition) is 1. The molecule has 1 aromatic heterocycles. The Hall–Kier alpha value is -3.32. The molecule has 0 aliphatic carbocycles. The molecule has 1 aliphatic rings. The summed E-state index contributed by atoms with van der Waals surface area (Å²) in [5.74, 6) is 0.243. The molecule has 7 nitrogen and oxygen atoms in total. The first-order valence-electron chi connectivity index (χ1n) is 11.3. The maximum Gasteiger partial charge on any atom is 0.323 e. The van der Waals surface area contributed by atoms with Crippen LogP contribution in [0, 0.1) is 0 Å². The minimum absolute atomic E-state index is 0.180. The summed E-state index contributed by atoms with van der Waals surface area (Å²) in [5, 5.41) is 1.06. The molecule has 33 heavy (non-hydrogen) atoms. The van der Waals surface area contributed by atoms with Crippen LogP contribution < -0.4 is 4.74 Å². The number of aromatic amines is 1. The monoisotopic (exact) mass is 450 g/mol. The van der Waals surface area contributed by atoms with E-state index in [0.717, 1.165) is 33.5 Å². The Morgan fingerprint density at radius 1 is 1.12 bits per heavy atom. The van der Waals surface area contributed by atoms with Gasteiger partial charge in [-0.3, -0.25) is 14.5 Å². The Morgan fingerprint density at radius 3 is 2.61 bits per heavy atom. The highest BCUT2D eigenvalue weighted by molar-refractivity contribution is 5.88. The summed E-state index contributed by atoms with van der Waals surface area (Å²) in [4.78, 5) is 30.9. The smallest absolute Gasteiger partial charge is 0.323 e. The highest BCUT2D eigenvalue weighted by Crippen LogP contribution is 2.41. The van der Waals surface area contributed by atoms with Gasteiger partial charge in [-0.15, -0.1) is 0 Å². The van der Waals surface area contributed by atoms with Gasteiger partial charge in [-0.1, -0.05) is 30.3 Å². The van der Waals surface area contributed by atoms with Gasteiger partial charge in [0.15, 0.2) is 0 Å². The Labute approximate surface area is 193 Å². The molecule has 1 aliphatic heterocycles. The van der Waals surface area contributed by atoms with Crippen molar-refractivity contribution in [1.29, 1.82) is 0 Å². The van der Waals surface area contributed by atoms with Gasteiger partial charge >= 0.3 is 11.9 Å². The molecule has 2 heterocycles. The molecule has 0 bridgehead atoms. The fraction of sp³-hybridized carbons (Fsp3) is 0.385. The van der Waals surface area contributed by atoms with Crippen LogP contribution in [0.3, 0.4) is 0 Å². The van der Waals surface area contributed by atoms with Crippen LogP contribution >= 0.6 is 0 Å². The molecule has 0 radical (unpaired) electrons. The average molecular weight is 451 g/mol. The van der Waals surface area contributed by atoms with Gasteiger partial charge in [-0.25, -0.2) is 0 Å². The molecule has 0 amide bonds. The van der Waals surface area contributed by atoms with E-state index in [4.69, 9.17) is 14.2 Å². The van der Waals surface area contributed by atoms with Gasteiger partial charge < -0.3 is 19.2 Å². The van der Waals surface area contributed by atoms with Gasteiger partial charge in [0, 0.05) is 42.0 Å². The normalized spacial score (nSPS) is 18.0. The molecular weight excluding hydrogens is 420 g/mol. The maximum atomic E-state index is 13.1. The number of hydrogen-bond acceptors (Lipinski definition) is 6. The lowest BCUT2D eigenvalue weighted by Crippen LogP contribution is -2.48. The Bertz CT molecular complexity index is 1120. The van der Waals surface area contributed by atoms with Gasteiger partial charge in [-0.2, -0.15) is 0 Å². The van der Waals surface area contributed by atoms with E-state index in [-0.39, 0.29) is 24.4 Å². The van der Waals surface area contributed by atoms with Crippen LogP contribution in [0.15, 0.2) is 48.5 Å². The second-order valence-electron chi connectivity index (χ2n) is 8.19. The second kappa shape index (κ2) is 10.1. The van der Waals surface area contributed by atoms with Gasteiger partial charge in [0.2, 0.25) is 0 Å². The summed E-state index contributed by atoms with van der Waals surface area (Å²) < 4.78 is 15.8. The molecule has 174 valence electrons. The van der Waals surface area contributed by atoms with Crippen molar-refractivity contribution < 1.29 is 23.8 Å². The molecule has 2 aromatic carbocycles. The third-order valence-electron chi connectivity index (χ3n) is 6.29. The van der Waals surface area contributed by atoms with Gasteiger partial charge in [0.05, 0.1) is 26.9 Å². The summed E-state index contributed by atoms with van der Waals surface area (Å²) in [6.07, 6.45) is 1.30. The fourth-order valence-electron chi connectivity index (χ4n) is 4.72. The molecule has 2 atom stereocenters. The van der Waals surface area contributed by atoms with Crippen molar-refractivity contribution in [1.82, 2.24) is 9.88 Å². The number of nitrogens with zero attached hydrogens (tertiary/aromatic N) is 1. The predicted octanol–water partition coefficient (Wildman–Crippen LogP) is 4.16. The number of H-pyrrole nitrogens is 1. The first-order chi connectivity index (χ1) is 16.0. The number of rotatable bonds is 8. The third kappa shape index (κ3) is 4.73. The van der Waals surface area contributed by atoms with Gasteiger partial charge in [0.1, 0.15) is 11.8 Å². The standard InChI is InChI=1S/C26H30N2O5/c1-4-33-26(30)23-15-20-19-11-10-18(31-2)14-21(19)27-25(20)22(12-13-24(29)32-3)28(23)16-17-8-6-5-7-9-17/h5-11,14,22-23,27H,4,12-13,15-16H2,1-3H3/t22-,23+/m0/s1. The van der Waals surface area contributed by atoms with Crippen molar-refractivity contribution in [3.05, 3.63) is 65.4 Å². The molecule has 4 rings (SSSR count). The highest BCUT2D eigenvalue weighted by Gasteiger charge is 2.41. The van der Waals surface area contributed by atoms with Crippen LogP contribution in [0.2, 0.25) is 0 Å². The lowest BCUT2D eigenvalue weighted by Gasteiger charge is -2.41. The lowest BCUT2D eigenvalue weighted by atomic mass is 9.89. The minimum atomic E-state index is -0.457. The summed E-state index contributed by atoms with van der Waals surface area (Å²) in [7, 11) is 3.04. The number of esters is 2. The summed E-state index contributed by atoms with van der Waals surface area (Å²) in [6.45, 7) is 2.70. The molecule has 0 spiro atoms. The van der Waals surface area contributed by atoms with Crippen molar-refractivity contribution in [3.8, 4) is 5.75 Å². The number of carbonyl (C=O) groups is 2. The zero-order valence-corrected chi connectivity index (χ0v) is 19.3. The van der Waals surface area contributed by atoms with Crippen LogP contribution in [0.1, 0.15) is 42.6 Å². The van der Waals surface area contributed by atoms with E-state index in [1.807, 2.05) is 55.5 Å². The van der Waals surface area contributed by atoms with Crippen molar-refractivity contribution >= 4 is 22.8 Å². The Balaban J connectivity index is 1.81. The van der Waals surface area contributed by atoms with Crippen molar-refractivity contribution in [2.75, 3.05) is 20.8 Å². The van der Waals surface area contributed by atoms with E-state index in [0.29, 0.717) is 26.0 Å². The molecule has 0 saturated heterocycles. The number of carbonyl (C=O) groups excluding carboxylic acids is 2. The van der Waals surface area contributed by atoms with E-state index in [2.05, 4.69) is 9.88 Å². The van der Waals surface area contributed by atoms with E-state index >= 15 is 0 Å². The largest absolute Gasteiger partial charge is 0.497 e. The quantitative estimate of drug-likeness (QED) is 0.519. The summed E-state index contributed by atoms with van der Waals surface area (Å²) in [6, 6.07) is 15.3. The first kappa shape index (κ1) is 22.9. The summed E-state index contributed by atoms with van der Waals surface area (Å²) in [5.41, 5.74) is 4.16. The van der Waals surface area contributed by atoms with Crippen LogP contribution in [0.25, 0.3) is 10.9 Å². The number of aromatic nitrogens is 1. The van der Waals surface area contributed by atoms with Crippen molar-refractivity contribution in [2.45, 2.75) is 44.8 Å². The molecule has 0 fully saturated rings. The topological polar surface area (TPSA) is 80.9 Å². The zero-order chi connectivity index (χ0) is 23.4. The molecule has 1 N–H and O–H groups in total. The van der Waals surface area contributed by atoms with E-state index < -0.39 is 6.04 Å². The number of fused-ring (bicyclic) bond motifs is 3. The number of benzene rings is 2. The van der Waals surface area contributed by atoms with Gasteiger partial charge in [0.25, 0.3) is 0 Å². The molecular formula is C26H30N2O5. The SMILES string of the molecule is CCOC(=O)[C@H]1Cc2c([nH]c3cc(OC)ccc23)[C@H](CCC(=O)OC)N1Cc1ccccc1. The lowest BCUT2D eigenvalue weighted by molar-refractivity contribution is -0.151. The van der Waals surface area contributed by atoms with E-state index in [9.17, 15) is 9.59 Å². The molecule has 3 aromatic rings. The highest BCUT2D eigenvalue weighted by atomic mass is 16.5. The van der Waals surface area contributed by atoms with E-state index in [1.54, 1.807) is 7.11 Å². The zero-order valence-electron chi connectivity index (χ0n) is 19.3. The number of ether oxygens (including phenoxy) is 3.